The van der Waals surface area contributed by atoms with Gasteiger partial charge in [-0.3, -0.25) is 0 Å². The van der Waals surface area contributed by atoms with Crippen LogP contribution in [0, 0.1) is 6.92 Å². The van der Waals surface area contributed by atoms with Gasteiger partial charge in [0.1, 0.15) is 0 Å². The molecule has 0 saturated heterocycles. The van der Waals surface area contributed by atoms with Crippen molar-refractivity contribution in [3.63, 3.8) is 0 Å². The van der Waals surface area contributed by atoms with Crippen molar-refractivity contribution >= 4 is 39.1 Å². The van der Waals surface area contributed by atoms with E-state index < -0.39 is 0 Å². The van der Waals surface area contributed by atoms with E-state index in [2.05, 4.69) is 46.4 Å². The van der Waals surface area contributed by atoms with Crippen LogP contribution in [-0.2, 0) is 6.42 Å². The molecule has 1 N–H and O–H groups in total. The number of rotatable bonds is 4. The summed E-state index contributed by atoms with van der Waals surface area (Å²) in [5.74, 6) is 0. The van der Waals surface area contributed by atoms with Gasteiger partial charge in [-0.05, 0) is 49.7 Å². The molecule has 0 spiro atoms. The summed E-state index contributed by atoms with van der Waals surface area (Å²) < 4.78 is 1.09. The highest BCUT2D eigenvalue weighted by molar-refractivity contribution is 9.10. The van der Waals surface area contributed by atoms with Gasteiger partial charge in [0, 0.05) is 20.6 Å². The van der Waals surface area contributed by atoms with E-state index in [0.29, 0.717) is 10.0 Å². The number of benzene rings is 2. The normalized spacial score (nSPS) is 12.4. The minimum atomic E-state index is 0.154. The molecule has 0 aromatic heterocycles. The van der Waals surface area contributed by atoms with E-state index >= 15 is 0 Å². The predicted octanol–water partition coefficient (Wildman–Crippen LogP) is 5.57. The molecule has 1 unspecified atom stereocenters. The van der Waals surface area contributed by atoms with Crippen LogP contribution in [-0.4, -0.2) is 7.05 Å². The number of halogens is 3. The summed E-state index contributed by atoms with van der Waals surface area (Å²) >= 11 is 16.1. The van der Waals surface area contributed by atoms with Crippen LogP contribution in [0.2, 0.25) is 10.0 Å². The fourth-order valence-corrected chi connectivity index (χ4v) is 3.30. The molecule has 0 radical (unpaired) electrons. The highest BCUT2D eigenvalue weighted by Crippen LogP contribution is 2.32. The van der Waals surface area contributed by atoms with E-state index in [1.165, 1.54) is 11.1 Å². The monoisotopic (exact) mass is 371 g/mol. The molecule has 0 fully saturated rings. The van der Waals surface area contributed by atoms with E-state index in [1.807, 2.05) is 25.2 Å². The maximum Gasteiger partial charge on any atom is 0.0453 e. The molecular weight excluding hydrogens is 357 g/mol. The first-order valence-electron chi connectivity index (χ1n) is 6.39. The van der Waals surface area contributed by atoms with Crippen molar-refractivity contribution in [2.75, 3.05) is 7.05 Å². The van der Waals surface area contributed by atoms with Crippen LogP contribution < -0.4 is 5.32 Å². The van der Waals surface area contributed by atoms with Crippen molar-refractivity contribution in [2.45, 2.75) is 19.4 Å². The SMILES string of the molecule is CNC(Cc1c(Cl)cccc1Cl)c1cc(C)ccc1Br. The minimum absolute atomic E-state index is 0.154. The Morgan fingerprint density at radius 2 is 1.80 bits per heavy atom. The van der Waals surface area contributed by atoms with Crippen LogP contribution in [0.15, 0.2) is 40.9 Å². The molecule has 0 amide bonds. The van der Waals surface area contributed by atoms with Crippen molar-refractivity contribution in [1.29, 1.82) is 0 Å². The summed E-state index contributed by atoms with van der Waals surface area (Å²) in [5, 5.41) is 4.76. The van der Waals surface area contributed by atoms with Crippen molar-refractivity contribution in [3.8, 4) is 0 Å². The number of hydrogen-bond donors (Lipinski definition) is 1. The summed E-state index contributed by atoms with van der Waals surface area (Å²) in [6.07, 6.45) is 0.747. The lowest BCUT2D eigenvalue weighted by molar-refractivity contribution is 0.589. The smallest absolute Gasteiger partial charge is 0.0453 e. The standard InChI is InChI=1S/C16H16BrCl2N/c1-10-6-7-13(17)11(8-10)16(20-2)9-12-14(18)4-3-5-15(12)19/h3-8,16,20H,9H2,1-2H3. The van der Waals surface area contributed by atoms with Gasteiger partial charge in [-0.25, -0.2) is 0 Å². The fourth-order valence-electron chi connectivity index (χ4n) is 2.23. The molecule has 0 bridgehead atoms. The topological polar surface area (TPSA) is 12.0 Å². The highest BCUT2D eigenvalue weighted by atomic mass is 79.9. The summed E-state index contributed by atoms with van der Waals surface area (Å²) in [7, 11) is 1.95. The molecule has 2 rings (SSSR count). The fraction of sp³-hybridized carbons (Fsp3) is 0.250. The molecule has 2 aromatic carbocycles. The Labute approximate surface area is 138 Å². The zero-order valence-electron chi connectivity index (χ0n) is 11.4. The first-order chi connectivity index (χ1) is 9.52. The quantitative estimate of drug-likeness (QED) is 0.739. The highest BCUT2D eigenvalue weighted by Gasteiger charge is 2.17. The van der Waals surface area contributed by atoms with Gasteiger partial charge in [0.25, 0.3) is 0 Å². The molecule has 0 aliphatic carbocycles. The maximum absolute atomic E-state index is 6.27. The molecule has 2 aromatic rings. The Kier molecular flexibility index (Phi) is 5.50. The second kappa shape index (κ2) is 6.95. The van der Waals surface area contributed by atoms with Crippen molar-refractivity contribution < 1.29 is 0 Å². The molecule has 1 nitrogen and oxygen atoms in total. The molecule has 0 aliphatic rings. The van der Waals surface area contributed by atoms with Gasteiger partial charge in [0.15, 0.2) is 0 Å². The third-order valence-corrected chi connectivity index (χ3v) is 4.78. The average Bonchev–Trinajstić information content (AvgIpc) is 2.42. The lowest BCUT2D eigenvalue weighted by atomic mass is 9.97. The van der Waals surface area contributed by atoms with Crippen molar-refractivity contribution in [1.82, 2.24) is 5.32 Å². The zero-order chi connectivity index (χ0) is 14.7. The molecule has 4 heteroatoms. The summed E-state index contributed by atoms with van der Waals surface area (Å²) in [5.41, 5.74) is 3.42. The molecule has 0 heterocycles. The van der Waals surface area contributed by atoms with Gasteiger partial charge in [-0.1, -0.05) is 62.9 Å². The molecule has 20 heavy (non-hydrogen) atoms. The number of hydrogen-bond acceptors (Lipinski definition) is 1. The minimum Gasteiger partial charge on any atom is -0.313 e. The molecular formula is C16H16BrCl2N. The number of aryl methyl sites for hydroxylation is 1. The van der Waals surface area contributed by atoms with E-state index in [4.69, 9.17) is 23.2 Å². The first kappa shape index (κ1) is 15.8. The summed E-state index contributed by atoms with van der Waals surface area (Å²) in [4.78, 5) is 0. The summed E-state index contributed by atoms with van der Waals surface area (Å²) in [6, 6.07) is 12.1. The lowest BCUT2D eigenvalue weighted by Gasteiger charge is -2.20. The van der Waals surface area contributed by atoms with Crippen LogP contribution in [0.5, 0.6) is 0 Å². The Bertz CT molecular complexity index is 593. The van der Waals surface area contributed by atoms with E-state index in [1.54, 1.807) is 0 Å². The van der Waals surface area contributed by atoms with Gasteiger partial charge in [-0.2, -0.15) is 0 Å². The van der Waals surface area contributed by atoms with Crippen LogP contribution >= 0.6 is 39.1 Å². The lowest BCUT2D eigenvalue weighted by Crippen LogP contribution is -2.19. The molecule has 1 atom stereocenters. The maximum atomic E-state index is 6.27. The number of likely N-dealkylation sites (N-methyl/N-ethyl adjacent to an activating group) is 1. The van der Waals surface area contributed by atoms with E-state index in [9.17, 15) is 0 Å². The molecule has 106 valence electrons. The van der Waals surface area contributed by atoms with E-state index in [0.717, 1.165) is 16.5 Å². The van der Waals surface area contributed by atoms with Gasteiger partial charge < -0.3 is 5.32 Å². The third kappa shape index (κ3) is 3.56. The van der Waals surface area contributed by atoms with Crippen LogP contribution in [0.4, 0.5) is 0 Å². The average molecular weight is 373 g/mol. The molecule has 0 saturated carbocycles. The van der Waals surface area contributed by atoms with Crippen LogP contribution in [0.3, 0.4) is 0 Å². The van der Waals surface area contributed by atoms with Gasteiger partial charge in [0.2, 0.25) is 0 Å². The van der Waals surface area contributed by atoms with Crippen molar-refractivity contribution in [2.24, 2.45) is 0 Å². The summed E-state index contributed by atoms with van der Waals surface area (Å²) in [6.45, 7) is 2.09. The van der Waals surface area contributed by atoms with Gasteiger partial charge in [-0.15, -0.1) is 0 Å². The van der Waals surface area contributed by atoms with Crippen molar-refractivity contribution in [3.05, 3.63) is 67.6 Å². The second-order valence-corrected chi connectivity index (χ2v) is 6.44. The Hall–Kier alpha value is -0.540. The largest absolute Gasteiger partial charge is 0.313 e. The molecule has 0 aliphatic heterocycles. The Balaban J connectivity index is 2.36. The van der Waals surface area contributed by atoms with Crippen LogP contribution in [0.1, 0.15) is 22.7 Å². The van der Waals surface area contributed by atoms with Crippen LogP contribution in [0.25, 0.3) is 0 Å². The first-order valence-corrected chi connectivity index (χ1v) is 7.94. The van der Waals surface area contributed by atoms with Gasteiger partial charge >= 0.3 is 0 Å². The zero-order valence-corrected chi connectivity index (χ0v) is 14.5. The second-order valence-electron chi connectivity index (χ2n) is 4.77. The Morgan fingerprint density at radius 1 is 1.15 bits per heavy atom. The van der Waals surface area contributed by atoms with E-state index in [-0.39, 0.29) is 6.04 Å². The third-order valence-electron chi connectivity index (χ3n) is 3.35. The van der Waals surface area contributed by atoms with Gasteiger partial charge in [0.05, 0.1) is 0 Å². The Morgan fingerprint density at radius 3 is 2.40 bits per heavy atom. The predicted molar refractivity (Wildman–Crippen MR) is 90.8 cm³/mol. The number of nitrogens with one attached hydrogen (secondary N) is 1.